The van der Waals surface area contributed by atoms with E-state index in [1.807, 2.05) is 12.1 Å². The largest absolute Gasteiger partial charge is 0.463 e. The molecule has 0 aliphatic carbocycles. The molecule has 30 heavy (non-hydrogen) atoms. The van der Waals surface area contributed by atoms with Gasteiger partial charge < -0.3 is 19.5 Å². The van der Waals surface area contributed by atoms with Crippen molar-refractivity contribution in [3.63, 3.8) is 0 Å². The van der Waals surface area contributed by atoms with Gasteiger partial charge in [0, 0.05) is 11.3 Å². The number of hydrogen-bond donors (Lipinski definition) is 2. The molecule has 1 atom stereocenters. The molecule has 3 aromatic rings. The molecule has 1 aliphatic heterocycles. The Morgan fingerprint density at radius 2 is 1.63 bits per heavy atom. The number of hydrogen-bond acceptors (Lipinski definition) is 3. The number of amides is 1. The lowest BCUT2D eigenvalue weighted by atomic mass is 10.1. The van der Waals surface area contributed by atoms with E-state index in [0.29, 0.717) is 12.1 Å². The molecule has 2 aromatic carbocycles. The molecule has 1 aliphatic rings. The number of furan rings is 1. The van der Waals surface area contributed by atoms with Crippen LogP contribution >= 0.6 is 0 Å². The van der Waals surface area contributed by atoms with Crippen LogP contribution in [0.25, 0.3) is 0 Å². The molecule has 156 valence electrons. The Bertz CT molecular complexity index is 951. The van der Waals surface area contributed by atoms with Crippen LogP contribution in [0, 0.1) is 11.6 Å². The summed E-state index contributed by atoms with van der Waals surface area (Å²) in [5, 5.41) is 2.96. The summed E-state index contributed by atoms with van der Waals surface area (Å²) in [7, 11) is 0. The van der Waals surface area contributed by atoms with Crippen LogP contribution in [0.2, 0.25) is 0 Å². The van der Waals surface area contributed by atoms with Crippen LogP contribution in [-0.4, -0.2) is 38.6 Å². The first-order valence-electron chi connectivity index (χ1n) is 10.0. The fraction of sp³-hybridized carbons (Fsp3) is 0.261. The number of benzene rings is 2. The van der Waals surface area contributed by atoms with E-state index in [1.165, 1.54) is 41.3 Å². The van der Waals surface area contributed by atoms with Crippen LogP contribution in [0.3, 0.4) is 0 Å². The average Bonchev–Trinajstić information content (AvgIpc) is 3.30. The molecule has 1 saturated heterocycles. The second-order valence-electron chi connectivity index (χ2n) is 7.41. The molecule has 5 nitrogen and oxygen atoms in total. The summed E-state index contributed by atoms with van der Waals surface area (Å²) in [5.41, 5.74) is 1.43. The van der Waals surface area contributed by atoms with Gasteiger partial charge in [-0.2, -0.15) is 0 Å². The van der Waals surface area contributed by atoms with Gasteiger partial charge in [0.05, 0.1) is 39.0 Å². The highest BCUT2D eigenvalue weighted by atomic mass is 19.1. The van der Waals surface area contributed by atoms with Crippen molar-refractivity contribution in [2.24, 2.45) is 0 Å². The van der Waals surface area contributed by atoms with Crippen molar-refractivity contribution in [1.82, 2.24) is 5.32 Å². The number of quaternary nitrogens is 1. The zero-order chi connectivity index (χ0) is 20.9. The molecule has 0 bridgehead atoms. The average molecular weight is 412 g/mol. The molecule has 2 heterocycles. The predicted octanol–water partition coefficient (Wildman–Crippen LogP) is 2.43. The van der Waals surface area contributed by atoms with Crippen molar-refractivity contribution in [3.8, 4) is 0 Å². The van der Waals surface area contributed by atoms with E-state index >= 15 is 0 Å². The van der Waals surface area contributed by atoms with Gasteiger partial charge in [-0.05, 0) is 60.7 Å². The molecule has 4 rings (SSSR count). The minimum Gasteiger partial charge on any atom is -0.463 e. The Hall–Kier alpha value is -3.19. The Morgan fingerprint density at radius 3 is 2.23 bits per heavy atom. The summed E-state index contributed by atoms with van der Waals surface area (Å²) >= 11 is 0. The van der Waals surface area contributed by atoms with Gasteiger partial charge in [-0.25, -0.2) is 8.78 Å². The first-order valence-corrected chi connectivity index (χ1v) is 10.0. The summed E-state index contributed by atoms with van der Waals surface area (Å²) in [6.45, 7) is 3.77. The maximum atomic E-state index is 13.2. The Kier molecular flexibility index (Phi) is 6.09. The van der Waals surface area contributed by atoms with Crippen molar-refractivity contribution in [2.45, 2.75) is 6.04 Å². The maximum Gasteiger partial charge on any atom is 0.251 e. The fourth-order valence-electron chi connectivity index (χ4n) is 3.89. The molecular formula is C23H24F2N3O2+. The van der Waals surface area contributed by atoms with E-state index in [2.05, 4.69) is 10.2 Å². The molecule has 1 aromatic heterocycles. The third-order valence-corrected chi connectivity index (χ3v) is 5.55. The van der Waals surface area contributed by atoms with Gasteiger partial charge in [0.2, 0.25) is 0 Å². The van der Waals surface area contributed by atoms with E-state index in [-0.39, 0.29) is 23.6 Å². The first kappa shape index (κ1) is 20.1. The van der Waals surface area contributed by atoms with Crippen molar-refractivity contribution in [2.75, 3.05) is 37.6 Å². The number of halogens is 2. The van der Waals surface area contributed by atoms with E-state index in [1.54, 1.807) is 18.4 Å². The van der Waals surface area contributed by atoms with Gasteiger partial charge >= 0.3 is 0 Å². The zero-order valence-corrected chi connectivity index (χ0v) is 16.5. The van der Waals surface area contributed by atoms with E-state index in [9.17, 15) is 13.6 Å². The SMILES string of the molecule is O=C(NC[C@H](c1ccco1)[NH+]1CCN(c2ccc(F)cc2)CC1)c1ccc(F)cc1. The van der Waals surface area contributed by atoms with Crippen LogP contribution in [0.4, 0.5) is 14.5 Å². The number of rotatable bonds is 6. The van der Waals surface area contributed by atoms with Crippen LogP contribution in [0.5, 0.6) is 0 Å². The lowest BCUT2D eigenvalue weighted by Gasteiger charge is -2.37. The quantitative estimate of drug-likeness (QED) is 0.654. The number of nitrogens with zero attached hydrogens (tertiary/aromatic N) is 1. The minimum atomic E-state index is -0.372. The summed E-state index contributed by atoms with van der Waals surface area (Å²) < 4.78 is 31.9. The zero-order valence-electron chi connectivity index (χ0n) is 16.5. The summed E-state index contributed by atoms with van der Waals surface area (Å²) in [6.07, 6.45) is 1.64. The van der Waals surface area contributed by atoms with Crippen LogP contribution in [-0.2, 0) is 0 Å². The fourth-order valence-corrected chi connectivity index (χ4v) is 3.89. The number of carbonyl (C=O) groups is 1. The molecule has 0 spiro atoms. The molecule has 7 heteroatoms. The smallest absolute Gasteiger partial charge is 0.251 e. The maximum absolute atomic E-state index is 13.2. The number of nitrogens with one attached hydrogen (secondary N) is 2. The van der Waals surface area contributed by atoms with Crippen LogP contribution < -0.4 is 15.1 Å². The van der Waals surface area contributed by atoms with Gasteiger partial charge in [-0.15, -0.1) is 0 Å². The molecule has 0 unspecified atom stereocenters. The standard InChI is InChI=1S/C23H23F2N3O2/c24-18-5-3-17(4-6-18)23(29)26-16-21(22-2-1-15-30-22)28-13-11-27(12-14-28)20-9-7-19(25)8-10-20/h1-10,15,21H,11-14,16H2,(H,26,29)/p+1/t21-/m1/s1. The number of piperazine rings is 1. The van der Waals surface area contributed by atoms with Crippen molar-refractivity contribution in [3.05, 3.63) is 89.9 Å². The van der Waals surface area contributed by atoms with Crippen LogP contribution in [0.15, 0.2) is 71.3 Å². The monoisotopic (exact) mass is 412 g/mol. The highest BCUT2D eigenvalue weighted by Crippen LogP contribution is 2.16. The van der Waals surface area contributed by atoms with Gasteiger partial charge in [0.1, 0.15) is 11.6 Å². The first-order chi connectivity index (χ1) is 14.6. The second kappa shape index (κ2) is 9.09. The minimum absolute atomic E-state index is 0.0280. The highest BCUT2D eigenvalue weighted by molar-refractivity contribution is 5.94. The highest BCUT2D eigenvalue weighted by Gasteiger charge is 2.31. The Balaban J connectivity index is 1.40. The topological polar surface area (TPSA) is 49.9 Å². The van der Waals surface area contributed by atoms with Gasteiger partial charge in [0.25, 0.3) is 5.91 Å². The molecule has 1 fully saturated rings. The van der Waals surface area contributed by atoms with E-state index in [0.717, 1.165) is 37.6 Å². The number of anilines is 1. The second-order valence-corrected chi connectivity index (χ2v) is 7.41. The lowest BCUT2D eigenvalue weighted by molar-refractivity contribution is -0.932. The molecule has 0 saturated carbocycles. The predicted molar refractivity (Wildman–Crippen MR) is 109 cm³/mol. The molecular weight excluding hydrogens is 388 g/mol. The summed E-state index contributed by atoms with van der Waals surface area (Å²) in [4.78, 5) is 16.0. The van der Waals surface area contributed by atoms with Crippen molar-refractivity contribution >= 4 is 11.6 Å². The van der Waals surface area contributed by atoms with Crippen LogP contribution in [0.1, 0.15) is 22.2 Å². The Morgan fingerprint density at radius 1 is 1.00 bits per heavy atom. The van der Waals surface area contributed by atoms with Crippen molar-refractivity contribution in [1.29, 1.82) is 0 Å². The summed E-state index contributed by atoms with van der Waals surface area (Å²) in [6, 6.07) is 15.8. The van der Waals surface area contributed by atoms with Crippen molar-refractivity contribution < 1.29 is 22.9 Å². The van der Waals surface area contributed by atoms with E-state index in [4.69, 9.17) is 4.42 Å². The third-order valence-electron chi connectivity index (χ3n) is 5.55. The van der Waals surface area contributed by atoms with Gasteiger partial charge in [0.15, 0.2) is 11.8 Å². The number of carbonyl (C=O) groups excluding carboxylic acids is 1. The molecule has 2 N–H and O–H groups in total. The van der Waals surface area contributed by atoms with E-state index < -0.39 is 0 Å². The third kappa shape index (κ3) is 4.68. The molecule has 0 radical (unpaired) electrons. The Labute approximate surface area is 173 Å². The summed E-state index contributed by atoms with van der Waals surface area (Å²) in [5.74, 6) is -0.0307. The molecule has 1 amide bonds. The normalized spacial score (nSPS) is 15.7. The van der Waals surface area contributed by atoms with Gasteiger partial charge in [-0.1, -0.05) is 0 Å². The van der Waals surface area contributed by atoms with Gasteiger partial charge in [-0.3, -0.25) is 4.79 Å². The lowest BCUT2D eigenvalue weighted by Crippen LogP contribution is -3.15.